The van der Waals surface area contributed by atoms with E-state index < -0.39 is 0 Å². The van der Waals surface area contributed by atoms with Crippen molar-refractivity contribution in [2.45, 2.75) is 26.2 Å². The average Bonchev–Trinajstić information content (AvgIpc) is 1.81. The monoisotopic (exact) mass is 114 g/mol. The Labute approximate surface area is 52.5 Å². The summed E-state index contributed by atoms with van der Waals surface area (Å²) in [7, 11) is 0. The van der Waals surface area contributed by atoms with E-state index in [2.05, 4.69) is 19.2 Å². The minimum atomic E-state index is 0.865. The van der Waals surface area contributed by atoms with Crippen LogP contribution in [0.25, 0.3) is 0 Å². The van der Waals surface area contributed by atoms with Crippen LogP contribution in [0.4, 0.5) is 0 Å². The lowest BCUT2D eigenvalue weighted by molar-refractivity contribution is 0.646. The van der Waals surface area contributed by atoms with E-state index in [9.17, 15) is 0 Å². The maximum atomic E-state index is 3.67. The number of hydrogen-bond acceptors (Lipinski definition) is 1. The van der Waals surface area contributed by atoms with Crippen LogP contribution < -0.4 is 5.32 Å². The minimum absolute atomic E-state index is 0.865. The number of hydrogen-bond donors (Lipinski definition) is 1. The van der Waals surface area contributed by atoms with Crippen molar-refractivity contribution in [2.24, 2.45) is 0 Å². The Hall–Kier alpha value is -0.0400. The van der Waals surface area contributed by atoms with Gasteiger partial charge in [0, 0.05) is 0 Å². The van der Waals surface area contributed by atoms with Crippen LogP contribution in [0.3, 0.4) is 0 Å². The number of unbranched alkanes of at least 4 members (excludes halogenated alkanes) is 2. The second kappa shape index (κ2) is 6.96. The van der Waals surface area contributed by atoms with Crippen molar-refractivity contribution in [3.63, 3.8) is 0 Å². The minimum Gasteiger partial charge on any atom is -0.317 e. The summed E-state index contributed by atoms with van der Waals surface area (Å²) in [4.78, 5) is 0. The molecule has 0 saturated carbocycles. The zero-order chi connectivity index (χ0) is 6.24. The summed E-state index contributed by atoms with van der Waals surface area (Å²) >= 11 is 0. The van der Waals surface area contributed by atoms with Gasteiger partial charge in [-0.15, -0.1) is 0 Å². The fourth-order valence-corrected chi connectivity index (χ4v) is 0.625. The Bertz CT molecular complexity index is 29.4. The molecule has 0 atom stereocenters. The summed E-state index contributed by atoms with van der Waals surface area (Å²) < 4.78 is 0. The maximum Gasteiger partial charge on any atom is -0.00484 e. The highest BCUT2D eigenvalue weighted by Gasteiger charge is 1.81. The summed E-state index contributed by atoms with van der Waals surface area (Å²) in [6, 6.07) is 0. The highest BCUT2D eigenvalue weighted by Crippen LogP contribution is 1.89. The van der Waals surface area contributed by atoms with Crippen LogP contribution >= 0.6 is 0 Å². The lowest BCUT2D eigenvalue weighted by atomic mass is 10.2. The molecule has 0 rings (SSSR count). The molecule has 1 nitrogen and oxygen atoms in total. The second-order valence-electron chi connectivity index (χ2n) is 1.96. The molecule has 0 fully saturated rings. The Morgan fingerprint density at radius 1 is 1.38 bits per heavy atom. The maximum absolute atomic E-state index is 3.67. The summed E-state index contributed by atoms with van der Waals surface area (Å²) in [5.41, 5.74) is 0. The van der Waals surface area contributed by atoms with Crippen molar-refractivity contribution in [2.75, 3.05) is 13.1 Å². The number of rotatable bonds is 5. The molecule has 1 N–H and O–H groups in total. The van der Waals surface area contributed by atoms with Gasteiger partial charge in [-0.05, 0) is 26.4 Å². The van der Waals surface area contributed by atoms with Gasteiger partial charge in [0.1, 0.15) is 0 Å². The van der Waals surface area contributed by atoms with Crippen LogP contribution in [0.5, 0.6) is 0 Å². The highest BCUT2D eigenvalue weighted by molar-refractivity contribution is 4.47. The van der Waals surface area contributed by atoms with E-state index >= 15 is 0 Å². The van der Waals surface area contributed by atoms with Crippen LogP contribution in [0.1, 0.15) is 26.2 Å². The van der Waals surface area contributed by atoms with Crippen LogP contribution in [-0.4, -0.2) is 13.1 Å². The first-order chi connectivity index (χ1) is 3.91. The molecule has 0 aromatic carbocycles. The van der Waals surface area contributed by atoms with E-state index in [1.807, 2.05) is 0 Å². The van der Waals surface area contributed by atoms with Crippen molar-refractivity contribution in [1.82, 2.24) is 5.32 Å². The molecule has 0 aliphatic rings. The third-order valence-electron chi connectivity index (χ3n) is 1.13. The van der Waals surface area contributed by atoms with E-state index in [0.29, 0.717) is 0 Å². The molecular formula is C7H16N. The lowest BCUT2D eigenvalue weighted by Gasteiger charge is -1.97. The predicted molar refractivity (Wildman–Crippen MR) is 37.8 cm³/mol. The third-order valence-corrected chi connectivity index (χ3v) is 1.13. The molecule has 0 aromatic heterocycles. The van der Waals surface area contributed by atoms with Gasteiger partial charge in [0.15, 0.2) is 0 Å². The Morgan fingerprint density at radius 3 is 2.62 bits per heavy atom. The summed E-state index contributed by atoms with van der Waals surface area (Å²) in [5.74, 6) is 0. The van der Waals surface area contributed by atoms with Crippen molar-refractivity contribution < 1.29 is 0 Å². The second-order valence-corrected chi connectivity index (χ2v) is 1.96. The van der Waals surface area contributed by atoms with E-state index in [1.54, 1.807) is 0 Å². The van der Waals surface area contributed by atoms with Gasteiger partial charge in [0.25, 0.3) is 0 Å². The van der Waals surface area contributed by atoms with Gasteiger partial charge in [0.2, 0.25) is 0 Å². The van der Waals surface area contributed by atoms with Crippen molar-refractivity contribution >= 4 is 0 Å². The SMILES string of the molecule is [CH2]CNCCCCC. The topological polar surface area (TPSA) is 12.0 Å². The fourth-order valence-electron chi connectivity index (χ4n) is 0.625. The quantitative estimate of drug-likeness (QED) is 0.535. The normalized spacial score (nSPS) is 9.75. The van der Waals surface area contributed by atoms with Gasteiger partial charge in [-0.2, -0.15) is 0 Å². The molecular weight excluding hydrogens is 98.1 g/mol. The molecule has 1 heteroatoms. The molecule has 0 spiro atoms. The molecule has 0 aromatic rings. The standard InChI is InChI=1S/C7H16N/c1-3-5-6-7-8-4-2/h8H,2-7H2,1H3. The number of nitrogens with one attached hydrogen (secondary N) is 1. The van der Waals surface area contributed by atoms with E-state index in [0.717, 1.165) is 13.1 Å². The Balaban J connectivity index is 2.53. The van der Waals surface area contributed by atoms with Gasteiger partial charge >= 0.3 is 0 Å². The van der Waals surface area contributed by atoms with E-state index in [1.165, 1.54) is 19.3 Å². The van der Waals surface area contributed by atoms with Crippen LogP contribution in [0.15, 0.2) is 0 Å². The predicted octanol–water partition coefficient (Wildman–Crippen LogP) is 1.60. The highest BCUT2D eigenvalue weighted by atomic mass is 14.8. The van der Waals surface area contributed by atoms with Gasteiger partial charge < -0.3 is 5.32 Å². The van der Waals surface area contributed by atoms with Gasteiger partial charge in [0.05, 0.1) is 0 Å². The molecule has 0 aliphatic heterocycles. The van der Waals surface area contributed by atoms with Crippen molar-refractivity contribution in [1.29, 1.82) is 0 Å². The summed E-state index contributed by atoms with van der Waals surface area (Å²) in [6.07, 6.45) is 3.94. The summed E-state index contributed by atoms with van der Waals surface area (Å²) in [6.45, 7) is 7.89. The Kier molecular flexibility index (Phi) is 6.93. The largest absolute Gasteiger partial charge is 0.317 e. The molecule has 8 heavy (non-hydrogen) atoms. The first-order valence-electron chi connectivity index (χ1n) is 3.41. The molecule has 0 saturated heterocycles. The molecule has 0 amide bonds. The fraction of sp³-hybridized carbons (Fsp3) is 0.857. The first kappa shape index (κ1) is 7.96. The van der Waals surface area contributed by atoms with Crippen LogP contribution in [-0.2, 0) is 0 Å². The van der Waals surface area contributed by atoms with E-state index in [4.69, 9.17) is 0 Å². The first-order valence-corrected chi connectivity index (χ1v) is 3.41. The molecule has 0 aliphatic carbocycles. The molecule has 0 heterocycles. The van der Waals surface area contributed by atoms with E-state index in [-0.39, 0.29) is 0 Å². The molecule has 49 valence electrons. The smallest absolute Gasteiger partial charge is 0.00484 e. The van der Waals surface area contributed by atoms with Crippen molar-refractivity contribution in [3.05, 3.63) is 6.92 Å². The van der Waals surface area contributed by atoms with Gasteiger partial charge in [-0.25, -0.2) is 0 Å². The molecule has 0 bridgehead atoms. The van der Waals surface area contributed by atoms with Crippen molar-refractivity contribution in [3.8, 4) is 0 Å². The average molecular weight is 114 g/mol. The zero-order valence-corrected chi connectivity index (χ0v) is 5.74. The third kappa shape index (κ3) is 5.96. The molecule has 0 unspecified atom stereocenters. The zero-order valence-electron chi connectivity index (χ0n) is 5.74. The lowest BCUT2D eigenvalue weighted by Crippen LogP contribution is -2.13. The summed E-state index contributed by atoms with van der Waals surface area (Å²) in [5, 5.41) is 3.17. The Morgan fingerprint density at radius 2 is 2.12 bits per heavy atom. The van der Waals surface area contributed by atoms with Crippen LogP contribution in [0, 0.1) is 6.92 Å². The van der Waals surface area contributed by atoms with Gasteiger partial charge in [-0.3, -0.25) is 0 Å². The van der Waals surface area contributed by atoms with Gasteiger partial charge in [-0.1, -0.05) is 19.8 Å². The molecule has 1 radical (unpaired) electrons. The van der Waals surface area contributed by atoms with Crippen LogP contribution in [0.2, 0.25) is 0 Å².